The Balaban J connectivity index is 1.69. The SMILES string of the molecule is COc1ccc(OC)c(S(=O)(=O)N2CCCN3C(Cc4ccc(Cl)cc4)CN(C(C)C)CC32)c1. The first-order valence-corrected chi connectivity index (χ1v) is 13.5. The van der Waals surface area contributed by atoms with E-state index in [0.717, 1.165) is 31.0 Å². The Bertz CT molecular complexity index is 1090. The first-order valence-electron chi connectivity index (χ1n) is 11.7. The van der Waals surface area contributed by atoms with Crippen LogP contribution in [0.3, 0.4) is 0 Å². The van der Waals surface area contributed by atoms with Crippen LogP contribution in [0.25, 0.3) is 0 Å². The molecule has 2 aromatic carbocycles. The zero-order valence-corrected chi connectivity index (χ0v) is 21.8. The highest BCUT2D eigenvalue weighted by molar-refractivity contribution is 7.89. The molecule has 186 valence electrons. The second kappa shape index (κ2) is 10.4. The normalized spacial score (nSPS) is 22.5. The predicted molar refractivity (Wildman–Crippen MR) is 134 cm³/mol. The minimum Gasteiger partial charge on any atom is -0.497 e. The van der Waals surface area contributed by atoms with Gasteiger partial charge in [-0.1, -0.05) is 23.7 Å². The molecule has 0 aromatic heterocycles. The quantitative estimate of drug-likeness (QED) is 0.569. The summed E-state index contributed by atoms with van der Waals surface area (Å²) in [6.45, 7) is 7.25. The highest BCUT2D eigenvalue weighted by Gasteiger charge is 2.45. The summed E-state index contributed by atoms with van der Waals surface area (Å²) in [4.78, 5) is 4.91. The van der Waals surface area contributed by atoms with Crippen molar-refractivity contribution in [2.75, 3.05) is 40.4 Å². The van der Waals surface area contributed by atoms with Crippen LogP contribution >= 0.6 is 11.6 Å². The van der Waals surface area contributed by atoms with Crippen molar-refractivity contribution in [3.05, 3.63) is 53.1 Å². The van der Waals surface area contributed by atoms with Gasteiger partial charge in [-0.05, 0) is 56.5 Å². The monoisotopic (exact) mass is 507 g/mol. The van der Waals surface area contributed by atoms with Crippen molar-refractivity contribution in [2.24, 2.45) is 0 Å². The maximum Gasteiger partial charge on any atom is 0.248 e. The maximum atomic E-state index is 14.0. The van der Waals surface area contributed by atoms with Gasteiger partial charge in [0.25, 0.3) is 0 Å². The second-order valence-corrected chi connectivity index (χ2v) is 11.5. The Kier molecular flexibility index (Phi) is 7.74. The van der Waals surface area contributed by atoms with Crippen molar-refractivity contribution < 1.29 is 17.9 Å². The molecule has 7 nitrogen and oxygen atoms in total. The lowest BCUT2D eigenvalue weighted by molar-refractivity contribution is -0.0564. The van der Waals surface area contributed by atoms with Gasteiger partial charge in [-0.25, -0.2) is 8.42 Å². The summed E-state index contributed by atoms with van der Waals surface area (Å²) >= 11 is 6.09. The summed E-state index contributed by atoms with van der Waals surface area (Å²) in [5, 5.41) is 0.719. The van der Waals surface area contributed by atoms with Gasteiger partial charge in [0.1, 0.15) is 16.4 Å². The molecule has 2 fully saturated rings. The van der Waals surface area contributed by atoms with E-state index in [1.54, 1.807) is 22.5 Å². The van der Waals surface area contributed by atoms with Crippen LogP contribution in [0.2, 0.25) is 5.02 Å². The number of hydrogen-bond acceptors (Lipinski definition) is 6. The Morgan fingerprint density at radius 1 is 1.03 bits per heavy atom. The van der Waals surface area contributed by atoms with E-state index in [9.17, 15) is 8.42 Å². The van der Waals surface area contributed by atoms with Crippen LogP contribution in [-0.2, 0) is 16.4 Å². The third-order valence-electron chi connectivity index (χ3n) is 6.89. The zero-order chi connectivity index (χ0) is 24.5. The van der Waals surface area contributed by atoms with E-state index < -0.39 is 10.0 Å². The van der Waals surface area contributed by atoms with Crippen LogP contribution in [0.1, 0.15) is 25.8 Å². The van der Waals surface area contributed by atoms with Gasteiger partial charge in [-0.2, -0.15) is 4.31 Å². The van der Waals surface area contributed by atoms with Crippen LogP contribution in [0.15, 0.2) is 47.4 Å². The smallest absolute Gasteiger partial charge is 0.248 e. The van der Waals surface area contributed by atoms with Gasteiger partial charge in [0.05, 0.1) is 20.4 Å². The van der Waals surface area contributed by atoms with Crippen molar-refractivity contribution >= 4 is 21.6 Å². The number of methoxy groups -OCH3 is 2. The molecule has 0 spiro atoms. The number of nitrogens with zero attached hydrogens (tertiary/aromatic N) is 3. The minimum absolute atomic E-state index is 0.145. The summed E-state index contributed by atoms with van der Waals surface area (Å²) in [6, 6.07) is 13.4. The molecule has 0 bridgehead atoms. The minimum atomic E-state index is -3.82. The summed E-state index contributed by atoms with van der Waals surface area (Å²) in [7, 11) is -0.792. The number of fused-ring (bicyclic) bond motifs is 1. The van der Waals surface area contributed by atoms with E-state index in [0.29, 0.717) is 30.6 Å². The van der Waals surface area contributed by atoms with E-state index in [-0.39, 0.29) is 17.1 Å². The molecule has 2 unspecified atom stereocenters. The van der Waals surface area contributed by atoms with Crippen LogP contribution in [0, 0.1) is 0 Å². The molecule has 0 amide bonds. The Morgan fingerprint density at radius 2 is 1.76 bits per heavy atom. The van der Waals surface area contributed by atoms with Crippen molar-refractivity contribution in [1.82, 2.24) is 14.1 Å². The number of piperazine rings is 1. The van der Waals surface area contributed by atoms with Crippen molar-refractivity contribution in [3.8, 4) is 11.5 Å². The van der Waals surface area contributed by atoms with E-state index in [4.69, 9.17) is 21.1 Å². The molecule has 2 aliphatic heterocycles. The van der Waals surface area contributed by atoms with Gasteiger partial charge in [0.2, 0.25) is 10.0 Å². The van der Waals surface area contributed by atoms with Gasteiger partial charge in [-0.3, -0.25) is 9.80 Å². The molecule has 2 saturated heterocycles. The van der Waals surface area contributed by atoms with Crippen LogP contribution in [-0.4, -0.2) is 81.2 Å². The van der Waals surface area contributed by atoms with E-state index >= 15 is 0 Å². The highest BCUT2D eigenvalue weighted by atomic mass is 35.5. The standard InChI is InChI=1S/C25H34ClN3O4S/c1-18(2)27-16-21(14-19-6-8-20(26)9-7-19)28-12-5-13-29(25(28)17-27)34(30,31)24-15-22(32-3)10-11-23(24)33-4/h6-11,15,18,21,25H,5,12-14,16-17H2,1-4H3. The Morgan fingerprint density at radius 3 is 2.41 bits per heavy atom. The molecule has 2 aromatic rings. The first-order chi connectivity index (χ1) is 16.2. The number of sulfonamides is 1. The van der Waals surface area contributed by atoms with Gasteiger partial charge in [0.15, 0.2) is 0 Å². The van der Waals surface area contributed by atoms with Crippen molar-refractivity contribution in [3.63, 3.8) is 0 Å². The topological polar surface area (TPSA) is 62.3 Å². The third kappa shape index (κ3) is 5.06. The maximum absolute atomic E-state index is 14.0. The van der Waals surface area contributed by atoms with Gasteiger partial charge in [-0.15, -0.1) is 0 Å². The lowest BCUT2D eigenvalue weighted by Gasteiger charge is -2.53. The molecule has 34 heavy (non-hydrogen) atoms. The van der Waals surface area contributed by atoms with Gasteiger partial charge < -0.3 is 9.47 Å². The average molecular weight is 508 g/mol. The number of rotatable bonds is 7. The molecule has 0 saturated carbocycles. The van der Waals surface area contributed by atoms with E-state index in [2.05, 4.69) is 35.8 Å². The Labute approximate surface area is 208 Å². The fraction of sp³-hybridized carbons (Fsp3) is 0.520. The molecule has 2 atom stereocenters. The molecule has 2 aliphatic rings. The van der Waals surface area contributed by atoms with E-state index in [1.165, 1.54) is 19.8 Å². The zero-order valence-electron chi connectivity index (χ0n) is 20.3. The number of hydrogen-bond donors (Lipinski definition) is 0. The molecular formula is C25H34ClN3O4S. The second-order valence-electron chi connectivity index (χ2n) is 9.24. The fourth-order valence-electron chi connectivity index (χ4n) is 5.04. The van der Waals surface area contributed by atoms with Crippen LogP contribution in [0.5, 0.6) is 11.5 Å². The van der Waals surface area contributed by atoms with Gasteiger partial charge in [0, 0.05) is 49.4 Å². The van der Waals surface area contributed by atoms with Gasteiger partial charge >= 0.3 is 0 Å². The molecule has 0 radical (unpaired) electrons. The van der Waals surface area contributed by atoms with Crippen molar-refractivity contribution in [2.45, 2.75) is 49.8 Å². The molecule has 2 heterocycles. The molecule has 9 heteroatoms. The first kappa shape index (κ1) is 25.3. The number of benzene rings is 2. The molecule has 0 aliphatic carbocycles. The number of ether oxygens (including phenoxy) is 2. The predicted octanol–water partition coefficient (Wildman–Crippen LogP) is 3.72. The Hall–Kier alpha value is -1.84. The summed E-state index contributed by atoms with van der Waals surface area (Å²) < 4.78 is 40.4. The van der Waals surface area contributed by atoms with Crippen LogP contribution < -0.4 is 9.47 Å². The summed E-state index contributed by atoms with van der Waals surface area (Å²) in [5.74, 6) is 0.813. The van der Waals surface area contributed by atoms with Crippen LogP contribution in [0.4, 0.5) is 0 Å². The lowest BCUT2D eigenvalue weighted by atomic mass is 9.98. The summed E-state index contributed by atoms with van der Waals surface area (Å²) in [6.07, 6.45) is 1.37. The largest absolute Gasteiger partial charge is 0.497 e. The number of halogens is 1. The highest BCUT2D eigenvalue weighted by Crippen LogP contribution is 2.35. The third-order valence-corrected chi connectivity index (χ3v) is 9.06. The summed E-state index contributed by atoms with van der Waals surface area (Å²) in [5.41, 5.74) is 1.20. The molecule has 0 N–H and O–H groups in total. The fourth-order valence-corrected chi connectivity index (χ4v) is 6.97. The average Bonchev–Trinajstić information content (AvgIpc) is 2.84. The lowest BCUT2D eigenvalue weighted by Crippen LogP contribution is -2.68. The van der Waals surface area contributed by atoms with E-state index in [1.807, 2.05) is 12.1 Å². The van der Waals surface area contributed by atoms with Crippen molar-refractivity contribution in [1.29, 1.82) is 0 Å². The molecule has 4 rings (SSSR count). The molecular weight excluding hydrogens is 474 g/mol.